The van der Waals surface area contributed by atoms with Crippen molar-refractivity contribution in [3.8, 4) is 0 Å². The average molecular weight is 518 g/mol. The molecular weight excluding hydrogens is 494 g/mol. The number of carbonyl (C=O) groups is 2. The summed E-state index contributed by atoms with van der Waals surface area (Å²) in [7, 11) is 0. The number of Topliss-reactive ketones (excluding diaryl/α,β-unsaturated/α-hetero) is 1. The van der Waals surface area contributed by atoms with Gasteiger partial charge < -0.3 is 9.52 Å². The van der Waals surface area contributed by atoms with E-state index in [-0.39, 0.29) is 11.3 Å². The molecule has 1 aliphatic heterocycles. The van der Waals surface area contributed by atoms with E-state index in [0.29, 0.717) is 26.5 Å². The lowest BCUT2D eigenvalue weighted by atomic mass is 9.94. The predicted molar refractivity (Wildman–Crippen MR) is 139 cm³/mol. The Morgan fingerprint density at radius 1 is 1.06 bits per heavy atom. The number of aliphatic hydroxyl groups is 1. The summed E-state index contributed by atoms with van der Waals surface area (Å²) in [6.45, 7) is 3.78. The molecule has 3 heterocycles. The fourth-order valence-corrected chi connectivity index (χ4v) is 5.88. The third kappa shape index (κ3) is 4.59. The largest absolute Gasteiger partial charge is 0.503 e. The summed E-state index contributed by atoms with van der Waals surface area (Å²) in [5.74, 6) is -0.502. The van der Waals surface area contributed by atoms with E-state index in [1.807, 2.05) is 54.6 Å². The summed E-state index contributed by atoms with van der Waals surface area (Å²) in [5, 5.41) is 19.7. The zero-order valence-corrected chi connectivity index (χ0v) is 21.3. The third-order valence-corrected chi connectivity index (χ3v) is 8.05. The molecule has 1 unspecified atom stereocenters. The molecule has 1 atom stereocenters. The van der Waals surface area contributed by atoms with E-state index in [4.69, 9.17) is 4.42 Å². The number of hydrogen-bond donors (Lipinski definition) is 1. The van der Waals surface area contributed by atoms with E-state index in [9.17, 15) is 14.7 Å². The molecule has 2 aromatic carbocycles. The van der Waals surface area contributed by atoms with Crippen LogP contribution in [0.3, 0.4) is 0 Å². The average Bonchev–Trinajstić information content (AvgIpc) is 3.61. The Labute approximate surface area is 216 Å². The van der Waals surface area contributed by atoms with Gasteiger partial charge in [0.15, 0.2) is 15.9 Å². The van der Waals surface area contributed by atoms with Crippen LogP contribution in [0.5, 0.6) is 0 Å². The molecule has 0 aliphatic carbocycles. The SMILES string of the molecule is CCc1ccc(C2C(C(=O)c3ccc(C)o3)=C(O)C(=O)N2c2nnc(SCc3ccccc3)s2)cc1. The van der Waals surface area contributed by atoms with Gasteiger partial charge in [-0.25, -0.2) is 0 Å². The summed E-state index contributed by atoms with van der Waals surface area (Å²) in [4.78, 5) is 28.1. The second kappa shape index (κ2) is 10.1. The highest BCUT2D eigenvalue weighted by molar-refractivity contribution is 8.00. The molecule has 0 fully saturated rings. The van der Waals surface area contributed by atoms with Crippen molar-refractivity contribution >= 4 is 39.9 Å². The molecule has 36 heavy (non-hydrogen) atoms. The Morgan fingerprint density at radius 2 is 1.81 bits per heavy atom. The van der Waals surface area contributed by atoms with E-state index in [2.05, 4.69) is 17.1 Å². The molecule has 7 nitrogen and oxygen atoms in total. The summed E-state index contributed by atoms with van der Waals surface area (Å²) >= 11 is 2.76. The molecule has 9 heteroatoms. The zero-order chi connectivity index (χ0) is 25.2. The molecule has 182 valence electrons. The lowest BCUT2D eigenvalue weighted by Crippen LogP contribution is -2.31. The molecular formula is C27H23N3O4S2. The van der Waals surface area contributed by atoms with Crippen molar-refractivity contribution in [2.75, 3.05) is 4.90 Å². The molecule has 1 amide bonds. The summed E-state index contributed by atoms with van der Waals surface area (Å²) < 4.78 is 6.21. The molecule has 0 saturated carbocycles. The smallest absolute Gasteiger partial charge is 0.296 e. The molecule has 1 aliphatic rings. The van der Waals surface area contributed by atoms with Gasteiger partial charge in [-0.2, -0.15) is 0 Å². The number of benzene rings is 2. The van der Waals surface area contributed by atoms with Crippen LogP contribution >= 0.6 is 23.1 Å². The normalized spacial score (nSPS) is 15.7. The number of nitrogens with zero attached hydrogens (tertiary/aromatic N) is 3. The van der Waals surface area contributed by atoms with E-state index < -0.39 is 23.5 Å². The van der Waals surface area contributed by atoms with Crippen molar-refractivity contribution in [1.82, 2.24) is 10.2 Å². The van der Waals surface area contributed by atoms with Crippen molar-refractivity contribution in [1.29, 1.82) is 0 Å². The van der Waals surface area contributed by atoms with Crippen LogP contribution in [-0.4, -0.2) is 27.0 Å². The van der Waals surface area contributed by atoms with Gasteiger partial charge in [-0.05, 0) is 42.2 Å². The Bertz CT molecular complexity index is 1440. The molecule has 0 bridgehead atoms. The van der Waals surface area contributed by atoms with Gasteiger partial charge >= 0.3 is 0 Å². The van der Waals surface area contributed by atoms with Crippen LogP contribution in [0.15, 0.2) is 86.8 Å². The Kier molecular flexibility index (Phi) is 6.75. The maximum Gasteiger partial charge on any atom is 0.296 e. The van der Waals surface area contributed by atoms with Gasteiger partial charge in [0.2, 0.25) is 10.9 Å². The second-order valence-corrected chi connectivity index (χ2v) is 10.5. The number of furan rings is 1. The van der Waals surface area contributed by atoms with Crippen LogP contribution in [0.1, 0.15) is 46.0 Å². The highest BCUT2D eigenvalue weighted by atomic mass is 32.2. The number of thioether (sulfide) groups is 1. The quantitative estimate of drug-likeness (QED) is 0.172. The van der Waals surface area contributed by atoms with E-state index in [0.717, 1.165) is 17.5 Å². The Morgan fingerprint density at radius 3 is 2.47 bits per heavy atom. The van der Waals surface area contributed by atoms with Crippen molar-refractivity contribution < 1.29 is 19.1 Å². The third-order valence-electron chi connectivity index (χ3n) is 5.93. The van der Waals surface area contributed by atoms with Crippen molar-refractivity contribution in [2.24, 2.45) is 0 Å². The van der Waals surface area contributed by atoms with Gasteiger partial charge in [0.1, 0.15) is 5.76 Å². The lowest BCUT2D eigenvalue weighted by Gasteiger charge is -2.24. The first-order valence-corrected chi connectivity index (χ1v) is 13.2. The topological polar surface area (TPSA) is 96.5 Å². The van der Waals surface area contributed by atoms with Crippen LogP contribution in [0.4, 0.5) is 5.13 Å². The number of amides is 1. The van der Waals surface area contributed by atoms with Gasteiger partial charge in [0, 0.05) is 5.75 Å². The van der Waals surface area contributed by atoms with E-state index in [1.165, 1.54) is 28.0 Å². The van der Waals surface area contributed by atoms with Crippen LogP contribution in [0, 0.1) is 6.92 Å². The summed E-state index contributed by atoms with van der Waals surface area (Å²) in [6.07, 6.45) is 0.852. The van der Waals surface area contributed by atoms with Crippen LogP contribution in [-0.2, 0) is 17.0 Å². The first kappa shape index (κ1) is 24.0. The van der Waals surface area contributed by atoms with Crippen molar-refractivity contribution in [3.05, 3.63) is 106 Å². The number of aryl methyl sites for hydroxylation is 2. The van der Waals surface area contributed by atoms with Crippen molar-refractivity contribution in [3.63, 3.8) is 0 Å². The van der Waals surface area contributed by atoms with Gasteiger partial charge in [0.25, 0.3) is 5.91 Å². The van der Waals surface area contributed by atoms with Gasteiger partial charge in [-0.1, -0.05) is 84.6 Å². The zero-order valence-electron chi connectivity index (χ0n) is 19.7. The Balaban J connectivity index is 1.50. The molecule has 5 rings (SSSR count). The van der Waals surface area contributed by atoms with Crippen molar-refractivity contribution in [2.45, 2.75) is 36.4 Å². The minimum atomic E-state index is -0.860. The maximum atomic E-state index is 13.4. The summed E-state index contributed by atoms with van der Waals surface area (Å²) in [6, 6.07) is 20.0. The van der Waals surface area contributed by atoms with Gasteiger partial charge in [0.05, 0.1) is 11.6 Å². The molecule has 0 saturated heterocycles. The molecule has 4 aromatic rings. The van der Waals surface area contributed by atoms with Gasteiger partial charge in [-0.15, -0.1) is 10.2 Å². The lowest BCUT2D eigenvalue weighted by molar-refractivity contribution is -0.117. The van der Waals surface area contributed by atoms with Gasteiger partial charge in [-0.3, -0.25) is 14.5 Å². The molecule has 1 N–H and O–H groups in total. The number of anilines is 1. The highest BCUT2D eigenvalue weighted by Gasteiger charge is 2.46. The predicted octanol–water partition coefficient (Wildman–Crippen LogP) is 6.08. The second-order valence-electron chi connectivity index (χ2n) is 8.30. The fraction of sp³-hybridized carbons (Fsp3) is 0.185. The first-order valence-electron chi connectivity index (χ1n) is 11.4. The fourth-order valence-electron chi connectivity index (χ4n) is 4.05. The molecule has 0 spiro atoms. The number of hydrogen-bond acceptors (Lipinski definition) is 8. The number of aliphatic hydroxyl groups excluding tert-OH is 1. The van der Waals surface area contributed by atoms with Crippen LogP contribution in [0.25, 0.3) is 0 Å². The Hall–Kier alpha value is -3.69. The number of rotatable bonds is 8. The van der Waals surface area contributed by atoms with E-state index in [1.54, 1.807) is 19.1 Å². The monoisotopic (exact) mass is 517 g/mol. The number of carbonyl (C=O) groups excluding carboxylic acids is 2. The van der Waals surface area contributed by atoms with Crippen LogP contribution < -0.4 is 4.90 Å². The number of aromatic nitrogens is 2. The number of ketones is 1. The molecule has 0 radical (unpaired) electrons. The summed E-state index contributed by atoms with van der Waals surface area (Å²) in [5.41, 5.74) is 2.91. The maximum absolute atomic E-state index is 13.4. The van der Waals surface area contributed by atoms with E-state index >= 15 is 0 Å². The minimum Gasteiger partial charge on any atom is -0.503 e. The van der Waals surface area contributed by atoms with Crippen LogP contribution in [0.2, 0.25) is 0 Å². The minimum absolute atomic E-state index is 0.0349. The first-order chi connectivity index (χ1) is 17.5. The molecule has 2 aromatic heterocycles. The highest BCUT2D eigenvalue weighted by Crippen LogP contribution is 2.44. The standard InChI is InChI=1S/C27H23N3O4S2/c1-3-17-10-12-19(13-11-17)22-21(23(31)20-14-9-16(2)34-20)24(32)25(33)30(22)26-28-29-27(36-26)35-15-18-7-5-4-6-8-18/h4-14,22,32H,3,15H2,1-2H3.